The SMILES string of the molecule is NC(=O)c1ccc2[nH]c(=S)oc2c1Br. The van der Waals surface area contributed by atoms with Crippen molar-refractivity contribution in [2.75, 3.05) is 0 Å². The zero-order valence-electron chi connectivity index (χ0n) is 6.83. The highest BCUT2D eigenvalue weighted by Crippen LogP contribution is 2.27. The summed E-state index contributed by atoms with van der Waals surface area (Å²) in [6.45, 7) is 0. The molecular weight excluding hydrogens is 268 g/mol. The van der Waals surface area contributed by atoms with Crippen molar-refractivity contribution in [1.29, 1.82) is 0 Å². The van der Waals surface area contributed by atoms with Gasteiger partial charge in [0.2, 0.25) is 5.91 Å². The molecule has 1 heterocycles. The molecule has 0 fully saturated rings. The Hall–Kier alpha value is -1.14. The van der Waals surface area contributed by atoms with Crippen LogP contribution in [0.3, 0.4) is 0 Å². The van der Waals surface area contributed by atoms with E-state index >= 15 is 0 Å². The quantitative estimate of drug-likeness (QED) is 0.783. The van der Waals surface area contributed by atoms with Gasteiger partial charge in [0.1, 0.15) is 0 Å². The summed E-state index contributed by atoms with van der Waals surface area (Å²) in [4.78, 5) is 14.1. The lowest BCUT2D eigenvalue weighted by molar-refractivity contribution is 0.0999. The monoisotopic (exact) mass is 272 g/mol. The molecular formula is C8H5BrN2O2S. The number of benzene rings is 1. The van der Waals surface area contributed by atoms with Crippen molar-refractivity contribution in [2.45, 2.75) is 0 Å². The van der Waals surface area contributed by atoms with E-state index in [2.05, 4.69) is 20.9 Å². The zero-order chi connectivity index (χ0) is 10.3. The third kappa shape index (κ3) is 1.36. The molecule has 0 saturated heterocycles. The van der Waals surface area contributed by atoms with Crippen molar-refractivity contribution < 1.29 is 9.21 Å². The summed E-state index contributed by atoms with van der Waals surface area (Å²) >= 11 is 8.06. The van der Waals surface area contributed by atoms with Gasteiger partial charge in [0, 0.05) is 0 Å². The van der Waals surface area contributed by atoms with Gasteiger partial charge in [-0.05, 0) is 40.3 Å². The smallest absolute Gasteiger partial charge is 0.266 e. The van der Waals surface area contributed by atoms with Gasteiger partial charge in [-0.2, -0.15) is 0 Å². The molecule has 1 aromatic carbocycles. The molecule has 2 rings (SSSR count). The maximum absolute atomic E-state index is 11.0. The van der Waals surface area contributed by atoms with E-state index in [1.807, 2.05) is 0 Å². The molecule has 0 unspecified atom stereocenters. The average Bonchev–Trinajstić information content (AvgIpc) is 2.46. The first-order valence-corrected chi connectivity index (χ1v) is 4.91. The van der Waals surface area contributed by atoms with Crippen molar-refractivity contribution in [2.24, 2.45) is 5.73 Å². The number of fused-ring (bicyclic) bond motifs is 1. The number of H-pyrrole nitrogens is 1. The Morgan fingerprint density at radius 1 is 1.57 bits per heavy atom. The first kappa shape index (κ1) is 9.42. The van der Waals surface area contributed by atoms with Crippen LogP contribution in [-0.4, -0.2) is 10.9 Å². The fourth-order valence-electron chi connectivity index (χ4n) is 1.17. The van der Waals surface area contributed by atoms with Crippen molar-refractivity contribution in [3.05, 3.63) is 27.0 Å². The van der Waals surface area contributed by atoms with Crippen LogP contribution in [0.1, 0.15) is 10.4 Å². The molecule has 0 atom stereocenters. The number of aromatic nitrogens is 1. The largest absolute Gasteiger partial charge is 0.428 e. The molecule has 0 spiro atoms. The number of carbonyl (C=O) groups excluding carboxylic acids is 1. The Morgan fingerprint density at radius 3 is 2.93 bits per heavy atom. The third-order valence-corrected chi connectivity index (χ3v) is 2.77. The predicted molar refractivity (Wildman–Crippen MR) is 57.6 cm³/mol. The number of halogens is 1. The fourth-order valence-corrected chi connectivity index (χ4v) is 1.99. The summed E-state index contributed by atoms with van der Waals surface area (Å²) in [7, 11) is 0. The minimum Gasteiger partial charge on any atom is -0.428 e. The first-order valence-electron chi connectivity index (χ1n) is 3.70. The molecule has 0 radical (unpaired) electrons. The van der Waals surface area contributed by atoms with E-state index in [4.69, 9.17) is 22.4 Å². The number of nitrogens with one attached hydrogen (secondary N) is 1. The standard InChI is InChI=1S/C8H5BrN2O2S/c9-5-3(7(10)12)1-2-4-6(5)13-8(14)11-4/h1-2H,(H2,10,12)(H,11,14). The molecule has 72 valence electrons. The molecule has 0 aliphatic carbocycles. The first-order chi connectivity index (χ1) is 6.59. The Labute approximate surface area is 92.2 Å². The van der Waals surface area contributed by atoms with E-state index in [0.717, 1.165) is 5.52 Å². The maximum Gasteiger partial charge on any atom is 0.266 e. The summed E-state index contributed by atoms with van der Waals surface area (Å²) in [5, 5.41) is 0. The van der Waals surface area contributed by atoms with Crippen LogP contribution in [0.4, 0.5) is 0 Å². The highest BCUT2D eigenvalue weighted by atomic mass is 79.9. The van der Waals surface area contributed by atoms with Crippen LogP contribution in [0.15, 0.2) is 21.0 Å². The number of hydrogen-bond donors (Lipinski definition) is 2. The zero-order valence-corrected chi connectivity index (χ0v) is 9.24. The summed E-state index contributed by atoms with van der Waals surface area (Å²) in [5.74, 6) is -0.513. The highest BCUT2D eigenvalue weighted by molar-refractivity contribution is 9.10. The Morgan fingerprint density at radius 2 is 2.29 bits per heavy atom. The topological polar surface area (TPSA) is 72.0 Å². The number of primary amides is 1. The average molecular weight is 273 g/mol. The van der Waals surface area contributed by atoms with Gasteiger partial charge in [-0.15, -0.1) is 0 Å². The molecule has 6 heteroatoms. The molecule has 2 aromatic rings. The molecule has 3 N–H and O–H groups in total. The summed E-state index contributed by atoms with van der Waals surface area (Å²) < 4.78 is 5.72. The lowest BCUT2D eigenvalue weighted by Gasteiger charge is -1.98. The van der Waals surface area contributed by atoms with Gasteiger partial charge in [0.25, 0.3) is 4.84 Å². The Kier molecular flexibility index (Phi) is 2.16. The van der Waals surface area contributed by atoms with E-state index in [1.165, 1.54) is 0 Å². The molecule has 0 aliphatic heterocycles. The van der Waals surface area contributed by atoms with Crippen LogP contribution >= 0.6 is 28.1 Å². The van der Waals surface area contributed by atoms with Crippen molar-refractivity contribution >= 4 is 45.2 Å². The van der Waals surface area contributed by atoms with Crippen LogP contribution in [0.25, 0.3) is 11.1 Å². The number of amides is 1. The summed E-state index contributed by atoms with van der Waals surface area (Å²) in [5.41, 5.74) is 6.77. The van der Waals surface area contributed by atoms with Gasteiger partial charge in [0.15, 0.2) is 5.58 Å². The molecule has 1 aromatic heterocycles. The number of carbonyl (C=O) groups is 1. The van der Waals surface area contributed by atoms with Gasteiger partial charge in [-0.3, -0.25) is 4.79 Å². The van der Waals surface area contributed by atoms with Crippen LogP contribution in [0, 0.1) is 4.84 Å². The number of hydrogen-bond acceptors (Lipinski definition) is 3. The van der Waals surface area contributed by atoms with Gasteiger partial charge in [-0.25, -0.2) is 0 Å². The molecule has 14 heavy (non-hydrogen) atoms. The Balaban J connectivity index is 2.87. The number of nitrogens with two attached hydrogens (primary N) is 1. The summed E-state index contributed by atoms with van der Waals surface area (Å²) in [6.07, 6.45) is 0. The predicted octanol–water partition coefficient (Wildman–Crippen LogP) is 2.35. The lowest BCUT2D eigenvalue weighted by atomic mass is 10.2. The van der Waals surface area contributed by atoms with E-state index in [9.17, 15) is 4.79 Å². The van der Waals surface area contributed by atoms with Gasteiger partial charge in [0.05, 0.1) is 15.6 Å². The van der Waals surface area contributed by atoms with Crippen molar-refractivity contribution in [1.82, 2.24) is 4.98 Å². The second-order valence-corrected chi connectivity index (χ2v) is 3.85. The van der Waals surface area contributed by atoms with Crippen LogP contribution in [-0.2, 0) is 0 Å². The van der Waals surface area contributed by atoms with Crippen LogP contribution in [0.5, 0.6) is 0 Å². The van der Waals surface area contributed by atoms with E-state index < -0.39 is 5.91 Å². The van der Waals surface area contributed by atoms with Crippen LogP contribution in [0.2, 0.25) is 0 Å². The van der Waals surface area contributed by atoms with E-state index in [0.29, 0.717) is 15.6 Å². The minimum atomic E-state index is -0.513. The molecule has 1 amide bonds. The molecule has 0 saturated carbocycles. The minimum absolute atomic E-state index is 0.266. The second kappa shape index (κ2) is 3.21. The van der Waals surface area contributed by atoms with Crippen LogP contribution < -0.4 is 5.73 Å². The van der Waals surface area contributed by atoms with E-state index in [1.54, 1.807) is 12.1 Å². The normalized spacial score (nSPS) is 10.6. The molecule has 4 nitrogen and oxygen atoms in total. The van der Waals surface area contributed by atoms with Gasteiger partial charge in [-0.1, -0.05) is 0 Å². The molecule has 0 bridgehead atoms. The van der Waals surface area contributed by atoms with E-state index in [-0.39, 0.29) is 4.84 Å². The fraction of sp³-hybridized carbons (Fsp3) is 0. The third-order valence-electron chi connectivity index (χ3n) is 1.79. The molecule has 0 aliphatic rings. The second-order valence-electron chi connectivity index (χ2n) is 2.68. The summed E-state index contributed by atoms with van der Waals surface area (Å²) in [6, 6.07) is 3.30. The van der Waals surface area contributed by atoms with Crippen molar-refractivity contribution in [3.8, 4) is 0 Å². The highest BCUT2D eigenvalue weighted by Gasteiger charge is 2.12. The van der Waals surface area contributed by atoms with Gasteiger partial charge < -0.3 is 15.1 Å². The maximum atomic E-state index is 11.0. The number of oxazole rings is 1. The lowest BCUT2D eigenvalue weighted by Crippen LogP contribution is -2.11. The van der Waals surface area contributed by atoms with Gasteiger partial charge >= 0.3 is 0 Å². The number of aromatic amines is 1. The number of rotatable bonds is 1. The Bertz CT molecular complexity index is 572. The van der Waals surface area contributed by atoms with Crippen molar-refractivity contribution in [3.63, 3.8) is 0 Å².